The average Bonchev–Trinajstić information content (AvgIpc) is 2.53. The van der Waals surface area contributed by atoms with Crippen LogP contribution in [0, 0.1) is 11.3 Å². The van der Waals surface area contributed by atoms with E-state index >= 15 is 0 Å². The molecule has 1 heterocycles. The zero-order valence-electron chi connectivity index (χ0n) is 12.5. The first kappa shape index (κ1) is 14.3. The molecule has 1 saturated carbocycles. The molecule has 2 N–H and O–H groups in total. The van der Waals surface area contributed by atoms with Crippen LogP contribution >= 0.6 is 0 Å². The Morgan fingerprint density at radius 3 is 2.39 bits per heavy atom. The van der Waals surface area contributed by atoms with Gasteiger partial charge in [-0.05, 0) is 56.4 Å². The Morgan fingerprint density at radius 2 is 1.78 bits per heavy atom. The first-order valence-corrected chi connectivity index (χ1v) is 7.88. The third kappa shape index (κ3) is 3.27. The van der Waals surface area contributed by atoms with Gasteiger partial charge in [0.1, 0.15) is 0 Å². The number of rotatable bonds is 1. The third-order valence-corrected chi connectivity index (χ3v) is 5.27. The van der Waals surface area contributed by atoms with Gasteiger partial charge in [0.15, 0.2) is 0 Å². The van der Waals surface area contributed by atoms with E-state index < -0.39 is 5.60 Å². The van der Waals surface area contributed by atoms with Crippen molar-refractivity contribution in [1.29, 1.82) is 0 Å². The minimum Gasteiger partial charge on any atom is -0.388 e. The van der Waals surface area contributed by atoms with Crippen LogP contribution in [0.15, 0.2) is 0 Å². The zero-order chi connectivity index (χ0) is 13.2. The molecule has 2 rings (SSSR count). The molecule has 0 bridgehead atoms. The average molecular weight is 253 g/mol. The number of aliphatic hydroxyl groups is 1. The summed E-state index contributed by atoms with van der Waals surface area (Å²) in [6.45, 7) is 8.14. The van der Waals surface area contributed by atoms with Crippen molar-refractivity contribution in [2.75, 3.05) is 6.54 Å². The monoisotopic (exact) mass is 253 g/mol. The Hall–Kier alpha value is -0.0800. The molecule has 0 aromatic rings. The standard InChI is InChI=1S/C16H31NO/c1-15(2,3)13-7-6-10-16(18,11-9-13)14-8-4-5-12-17-14/h13-14,17-18H,4-12H2,1-3H3. The SMILES string of the molecule is CC(C)(C)C1CCCC(O)(C2CCCCN2)CC1. The third-order valence-electron chi connectivity index (χ3n) is 5.27. The van der Waals surface area contributed by atoms with E-state index in [0.29, 0.717) is 11.5 Å². The van der Waals surface area contributed by atoms with Crippen molar-refractivity contribution in [3.05, 3.63) is 0 Å². The van der Waals surface area contributed by atoms with Gasteiger partial charge in [-0.2, -0.15) is 0 Å². The summed E-state index contributed by atoms with van der Waals surface area (Å²) in [6, 6.07) is 0.352. The van der Waals surface area contributed by atoms with Crippen molar-refractivity contribution >= 4 is 0 Å². The van der Waals surface area contributed by atoms with E-state index in [1.165, 1.54) is 32.1 Å². The number of hydrogen-bond acceptors (Lipinski definition) is 2. The van der Waals surface area contributed by atoms with E-state index in [0.717, 1.165) is 31.7 Å². The van der Waals surface area contributed by atoms with E-state index in [9.17, 15) is 5.11 Å². The van der Waals surface area contributed by atoms with Gasteiger partial charge in [-0.3, -0.25) is 0 Å². The summed E-state index contributed by atoms with van der Waals surface area (Å²) in [7, 11) is 0. The predicted molar refractivity (Wildman–Crippen MR) is 76.6 cm³/mol. The molecule has 1 saturated heterocycles. The molecule has 0 aromatic heterocycles. The highest BCUT2D eigenvalue weighted by atomic mass is 16.3. The lowest BCUT2D eigenvalue weighted by atomic mass is 9.75. The van der Waals surface area contributed by atoms with Crippen LogP contribution in [0.2, 0.25) is 0 Å². The zero-order valence-corrected chi connectivity index (χ0v) is 12.5. The lowest BCUT2D eigenvalue weighted by molar-refractivity contribution is -0.0222. The van der Waals surface area contributed by atoms with Gasteiger partial charge in [-0.25, -0.2) is 0 Å². The predicted octanol–water partition coefficient (Wildman–Crippen LogP) is 3.49. The van der Waals surface area contributed by atoms with Gasteiger partial charge < -0.3 is 10.4 Å². The molecule has 3 unspecified atom stereocenters. The number of nitrogens with one attached hydrogen (secondary N) is 1. The van der Waals surface area contributed by atoms with Crippen LogP contribution in [0.25, 0.3) is 0 Å². The number of hydrogen-bond donors (Lipinski definition) is 2. The van der Waals surface area contributed by atoms with E-state index in [2.05, 4.69) is 26.1 Å². The minimum absolute atomic E-state index is 0.352. The second-order valence-electron chi connectivity index (χ2n) is 7.60. The van der Waals surface area contributed by atoms with Gasteiger partial charge in [-0.15, -0.1) is 0 Å². The van der Waals surface area contributed by atoms with Gasteiger partial charge in [0.2, 0.25) is 0 Å². The molecule has 0 radical (unpaired) electrons. The summed E-state index contributed by atoms with van der Waals surface area (Å²) in [4.78, 5) is 0. The Balaban J connectivity index is 1.98. The maximum Gasteiger partial charge on any atom is 0.0800 e. The normalized spacial score (nSPS) is 39.3. The molecule has 2 heteroatoms. The molecule has 0 spiro atoms. The van der Waals surface area contributed by atoms with Gasteiger partial charge in [0.05, 0.1) is 5.60 Å². The van der Waals surface area contributed by atoms with Crippen LogP contribution in [0.5, 0.6) is 0 Å². The van der Waals surface area contributed by atoms with Gasteiger partial charge in [-0.1, -0.05) is 33.6 Å². The highest BCUT2D eigenvalue weighted by molar-refractivity contribution is 4.96. The maximum atomic E-state index is 11.0. The van der Waals surface area contributed by atoms with E-state index in [1.807, 2.05) is 0 Å². The van der Waals surface area contributed by atoms with Gasteiger partial charge in [0.25, 0.3) is 0 Å². The summed E-state index contributed by atoms with van der Waals surface area (Å²) in [5, 5.41) is 14.6. The topological polar surface area (TPSA) is 32.3 Å². The first-order chi connectivity index (χ1) is 8.42. The summed E-state index contributed by atoms with van der Waals surface area (Å²) < 4.78 is 0. The summed E-state index contributed by atoms with van der Waals surface area (Å²) in [5.41, 5.74) is -0.0360. The van der Waals surface area contributed by atoms with Crippen LogP contribution in [0.1, 0.15) is 72.1 Å². The second kappa shape index (κ2) is 5.50. The van der Waals surface area contributed by atoms with Crippen molar-refractivity contribution in [1.82, 2.24) is 5.32 Å². The fourth-order valence-electron chi connectivity index (χ4n) is 3.87. The molecule has 1 aliphatic heterocycles. The van der Waals surface area contributed by atoms with Crippen molar-refractivity contribution in [2.24, 2.45) is 11.3 Å². The van der Waals surface area contributed by atoms with Crippen molar-refractivity contribution in [2.45, 2.75) is 83.8 Å². The Morgan fingerprint density at radius 1 is 1.00 bits per heavy atom. The highest BCUT2D eigenvalue weighted by Gasteiger charge is 2.40. The molecular weight excluding hydrogens is 222 g/mol. The minimum atomic E-state index is -0.430. The Labute approximate surface area is 113 Å². The van der Waals surface area contributed by atoms with Crippen molar-refractivity contribution in [3.63, 3.8) is 0 Å². The smallest absolute Gasteiger partial charge is 0.0800 e. The van der Waals surface area contributed by atoms with E-state index in [1.54, 1.807) is 0 Å². The fourth-order valence-corrected chi connectivity index (χ4v) is 3.87. The second-order valence-corrected chi connectivity index (χ2v) is 7.60. The van der Waals surface area contributed by atoms with Crippen LogP contribution in [-0.4, -0.2) is 23.3 Å². The van der Waals surface area contributed by atoms with Crippen LogP contribution in [0.4, 0.5) is 0 Å². The Kier molecular flexibility index (Phi) is 4.38. The summed E-state index contributed by atoms with van der Waals surface area (Å²) >= 11 is 0. The number of piperidine rings is 1. The van der Waals surface area contributed by atoms with Crippen LogP contribution < -0.4 is 5.32 Å². The molecule has 106 valence electrons. The molecular formula is C16H31NO. The van der Waals surface area contributed by atoms with E-state index in [-0.39, 0.29) is 0 Å². The van der Waals surface area contributed by atoms with Gasteiger partial charge in [0, 0.05) is 6.04 Å². The van der Waals surface area contributed by atoms with Crippen LogP contribution in [-0.2, 0) is 0 Å². The van der Waals surface area contributed by atoms with E-state index in [4.69, 9.17) is 0 Å². The molecule has 0 amide bonds. The summed E-state index contributed by atoms with van der Waals surface area (Å²) in [6.07, 6.45) is 9.38. The first-order valence-electron chi connectivity index (χ1n) is 7.88. The molecule has 2 fully saturated rings. The molecule has 2 nitrogen and oxygen atoms in total. The molecule has 2 aliphatic rings. The largest absolute Gasteiger partial charge is 0.388 e. The quantitative estimate of drug-likeness (QED) is 0.701. The lowest BCUT2D eigenvalue weighted by Gasteiger charge is -2.39. The highest BCUT2D eigenvalue weighted by Crippen LogP contribution is 2.41. The molecule has 18 heavy (non-hydrogen) atoms. The lowest BCUT2D eigenvalue weighted by Crippen LogP contribution is -2.52. The van der Waals surface area contributed by atoms with Crippen molar-refractivity contribution in [3.8, 4) is 0 Å². The Bertz CT molecular complexity index is 265. The molecule has 3 atom stereocenters. The summed E-state index contributed by atoms with van der Waals surface area (Å²) in [5.74, 6) is 0.773. The van der Waals surface area contributed by atoms with Gasteiger partial charge >= 0.3 is 0 Å². The molecule has 0 aromatic carbocycles. The van der Waals surface area contributed by atoms with Crippen molar-refractivity contribution < 1.29 is 5.11 Å². The molecule has 1 aliphatic carbocycles. The van der Waals surface area contributed by atoms with Crippen LogP contribution in [0.3, 0.4) is 0 Å². The fraction of sp³-hybridized carbons (Fsp3) is 1.00. The maximum absolute atomic E-state index is 11.0.